The molecule has 0 fully saturated rings. The maximum absolute atomic E-state index is 5.82. The van der Waals surface area contributed by atoms with Gasteiger partial charge in [-0.1, -0.05) is 0 Å². The Hall–Kier alpha value is -1.55. The fourth-order valence-electron chi connectivity index (χ4n) is 1.35. The van der Waals surface area contributed by atoms with Crippen molar-refractivity contribution in [3.05, 3.63) is 36.2 Å². The molecule has 2 aliphatic heterocycles. The van der Waals surface area contributed by atoms with Crippen LogP contribution in [0.4, 0.5) is 0 Å². The monoisotopic (exact) mass is 176 g/mol. The van der Waals surface area contributed by atoms with E-state index in [1.165, 1.54) is 0 Å². The lowest BCUT2D eigenvalue weighted by Crippen LogP contribution is -2.32. The van der Waals surface area contributed by atoms with Gasteiger partial charge in [-0.25, -0.2) is 4.99 Å². The van der Waals surface area contributed by atoms with Crippen LogP contribution in [0.15, 0.2) is 41.2 Å². The summed E-state index contributed by atoms with van der Waals surface area (Å²) in [6.45, 7) is 1.96. The molecule has 2 aliphatic rings. The summed E-state index contributed by atoms with van der Waals surface area (Å²) in [5, 5.41) is 2.98. The second-order valence-electron chi connectivity index (χ2n) is 3.01. The van der Waals surface area contributed by atoms with Crippen LogP contribution in [-0.2, 0) is 0 Å². The summed E-state index contributed by atoms with van der Waals surface area (Å²) in [4.78, 5) is 6.17. The van der Waals surface area contributed by atoms with Crippen LogP contribution in [0.25, 0.3) is 0 Å². The average molecular weight is 176 g/mol. The standard InChI is InChI=1S/C9H12N4/c1-7(10)8-2-3-12-9-6-11-4-5-13(8)9/h2-7,11H,10H2,1H3. The fourth-order valence-corrected chi connectivity index (χ4v) is 1.35. The van der Waals surface area contributed by atoms with E-state index in [4.69, 9.17) is 5.73 Å². The number of nitrogens with one attached hydrogen (secondary N) is 1. The second kappa shape index (κ2) is 3.06. The lowest BCUT2D eigenvalue weighted by atomic mass is 10.2. The van der Waals surface area contributed by atoms with Gasteiger partial charge in [0.2, 0.25) is 0 Å². The van der Waals surface area contributed by atoms with Gasteiger partial charge < -0.3 is 16.0 Å². The number of hydrogen-bond acceptors (Lipinski definition) is 4. The molecule has 13 heavy (non-hydrogen) atoms. The van der Waals surface area contributed by atoms with Crippen molar-refractivity contribution in [3.8, 4) is 0 Å². The van der Waals surface area contributed by atoms with Gasteiger partial charge in [-0.2, -0.15) is 0 Å². The van der Waals surface area contributed by atoms with E-state index in [0.29, 0.717) is 0 Å². The van der Waals surface area contributed by atoms with E-state index in [1.807, 2.05) is 36.5 Å². The third-order valence-electron chi connectivity index (χ3n) is 1.98. The second-order valence-corrected chi connectivity index (χ2v) is 3.01. The molecule has 0 aliphatic carbocycles. The summed E-state index contributed by atoms with van der Waals surface area (Å²) in [5.41, 5.74) is 6.88. The molecule has 0 radical (unpaired) electrons. The quantitative estimate of drug-likeness (QED) is 0.611. The number of fused-ring (bicyclic) bond motifs is 1. The molecule has 68 valence electrons. The molecule has 1 unspecified atom stereocenters. The van der Waals surface area contributed by atoms with Crippen molar-refractivity contribution in [1.29, 1.82) is 0 Å². The van der Waals surface area contributed by atoms with Gasteiger partial charge in [0.05, 0.1) is 0 Å². The van der Waals surface area contributed by atoms with E-state index in [1.54, 1.807) is 6.21 Å². The summed E-state index contributed by atoms with van der Waals surface area (Å²) in [7, 11) is 0. The zero-order chi connectivity index (χ0) is 9.26. The SMILES string of the molecule is CC(N)C1=CC=NC2=CNC=CN21. The maximum Gasteiger partial charge on any atom is 0.153 e. The maximum atomic E-state index is 5.82. The smallest absolute Gasteiger partial charge is 0.153 e. The first-order chi connectivity index (χ1) is 6.29. The number of rotatable bonds is 1. The van der Waals surface area contributed by atoms with Gasteiger partial charge in [0.25, 0.3) is 0 Å². The molecule has 0 saturated carbocycles. The Bertz CT molecular complexity index is 323. The van der Waals surface area contributed by atoms with Crippen molar-refractivity contribution in [2.24, 2.45) is 10.7 Å². The lowest BCUT2D eigenvalue weighted by Gasteiger charge is -2.29. The zero-order valence-corrected chi connectivity index (χ0v) is 7.44. The van der Waals surface area contributed by atoms with E-state index in [0.717, 1.165) is 11.5 Å². The molecule has 0 aromatic rings. The van der Waals surface area contributed by atoms with Gasteiger partial charge in [0, 0.05) is 36.6 Å². The third-order valence-corrected chi connectivity index (χ3v) is 1.98. The van der Waals surface area contributed by atoms with E-state index in [9.17, 15) is 0 Å². The first-order valence-corrected chi connectivity index (χ1v) is 4.21. The molecule has 0 aromatic heterocycles. The average Bonchev–Trinajstić information content (AvgIpc) is 2.17. The Morgan fingerprint density at radius 2 is 2.46 bits per heavy atom. The first-order valence-electron chi connectivity index (χ1n) is 4.21. The van der Waals surface area contributed by atoms with Gasteiger partial charge in [0.1, 0.15) is 0 Å². The van der Waals surface area contributed by atoms with Crippen LogP contribution in [-0.4, -0.2) is 17.2 Å². The van der Waals surface area contributed by atoms with Crippen molar-refractivity contribution in [2.45, 2.75) is 13.0 Å². The lowest BCUT2D eigenvalue weighted by molar-refractivity contribution is 0.501. The number of nitrogens with two attached hydrogens (primary N) is 1. The molecular weight excluding hydrogens is 164 g/mol. The molecule has 0 amide bonds. The van der Waals surface area contributed by atoms with Crippen molar-refractivity contribution in [1.82, 2.24) is 10.2 Å². The van der Waals surface area contributed by atoms with Crippen LogP contribution >= 0.6 is 0 Å². The van der Waals surface area contributed by atoms with E-state index >= 15 is 0 Å². The highest BCUT2D eigenvalue weighted by Gasteiger charge is 2.18. The topological polar surface area (TPSA) is 53.6 Å². The van der Waals surface area contributed by atoms with Gasteiger partial charge in [0.15, 0.2) is 5.82 Å². The van der Waals surface area contributed by atoms with Crippen LogP contribution in [0, 0.1) is 0 Å². The van der Waals surface area contributed by atoms with Crippen molar-refractivity contribution < 1.29 is 0 Å². The van der Waals surface area contributed by atoms with Crippen molar-refractivity contribution in [3.63, 3.8) is 0 Å². The molecule has 2 rings (SSSR count). The van der Waals surface area contributed by atoms with Gasteiger partial charge in [-0.3, -0.25) is 0 Å². The van der Waals surface area contributed by atoms with Crippen LogP contribution in [0.1, 0.15) is 6.92 Å². The Balaban J connectivity index is 2.33. The molecule has 4 nitrogen and oxygen atoms in total. The van der Waals surface area contributed by atoms with Crippen LogP contribution in [0.2, 0.25) is 0 Å². The molecule has 0 saturated heterocycles. The zero-order valence-electron chi connectivity index (χ0n) is 7.44. The summed E-state index contributed by atoms with van der Waals surface area (Å²) in [6.07, 6.45) is 9.30. The largest absolute Gasteiger partial charge is 0.363 e. The number of aliphatic imine (C=N–C) groups is 1. The van der Waals surface area contributed by atoms with Crippen molar-refractivity contribution >= 4 is 6.21 Å². The molecule has 0 aromatic carbocycles. The Labute approximate surface area is 77.1 Å². The summed E-state index contributed by atoms with van der Waals surface area (Å²) in [5.74, 6) is 0.873. The van der Waals surface area contributed by atoms with Gasteiger partial charge in [-0.15, -0.1) is 0 Å². The predicted octanol–water partition coefficient (Wildman–Crippen LogP) is 0.477. The molecular formula is C9H12N4. The highest BCUT2D eigenvalue weighted by atomic mass is 15.3. The highest BCUT2D eigenvalue weighted by molar-refractivity contribution is 5.75. The third kappa shape index (κ3) is 1.36. The molecule has 0 spiro atoms. The normalized spacial score (nSPS) is 21.5. The number of hydrogen-bond donors (Lipinski definition) is 2. The fraction of sp³-hybridized carbons (Fsp3) is 0.222. The number of nitrogens with zero attached hydrogens (tertiary/aromatic N) is 2. The van der Waals surface area contributed by atoms with Crippen LogP contribution < -0.4 is 11.1 Å². The molecule has 3 N–H and O–H groups in total. The van der Waals surface area contributed by atoms with Crippen LogP contribution in [0.5, 0.6) is 0 Å². The van der Waals surface area contributed by atoms with E-state index < -0.39 is 0 Å². The Morgan fingerprint density at radius 1 is 1.62 bits per heavy atom. The van der Waals surface area contributed by atoms with Crippen LogP contribution in [0.3, 0.4) is 0 Å². The highest BCUT2D eigenvalue weighted by Crippen LogP contribution is 2.21. The summed E-state index contributed by atoms with van der Waals surface area (Å²) in [6, 6.07) is 0.0119. The first kappa shape index (κ1) is 8.07. The minimum atomic E-state index is 0.0119. The predicted molar refractivity (Wildman–Crippen MR) is 52.4 cm³/mol. The Morgan fingerprint density at radius 3 is 3.23 bits per heavy atom. The number of allylic oxidation sites excluding steroid dienone is 1. The van der Waals surface area contributed by atoms with Crippen molar-refractivity contribution in [2.75, 3.05) is 0 Å². The van der Waals surface area contributed by atoms with E-state index in [2.05, 4.69) is 10.3 Å². The minimum absolute atomic E-state index is 0.0119. The van der Waals surface area contributed by atoms with Gasteiger partial charge >= 0.3 is 0 Å². The molecule has 4 heteroatoms. The Kier molecular flexibility index (Phi) is 1.90. The minimum Gasteiger partial charge on any atom is -0.363 e. The molecule has 1 atom stereocenters. The molecule has 2 heterocycles. The van der Waals surface area contributed by atoms with Gasteiger partial charge in [-0.05, 0) is 13.0 Å². The van der Waals surface area contributed by atoms with E-state index in [-0.39, 0.29) is 6.04 Å². The summed E-state index contributed by atoms with van der Waals surface area (Å²) >= 11 is 0. The molecule has 0 bridgehead atoms. The summed E-state index contributed by atoms with van der Waals surface area (Å²) < 4.78 is 0.